The molecule has 0 saturated carbocycles. The van der Waals surface area contributed by atoms with E-state index in [0.29, 0.717) is 18.6 Å². The van der Waals surface area contributed by atoms with Crippen LogP contribution in [0.5, 0.6) is 0 Å². The fourth-order valence-corrected chi connectivity index (χ4v) is 1.96. The van der Waals surface area contributed by atoms with Gasteiger partial charge in [-0.25, -0.2) is 0 Å². The molecule has 0 unspecified atom stereocenters. The van der Waals surface area contributed by atoms with Crippen LogP contribution in [0.25, 0.3) is 0 Å². The van der Waals surface area contributed by atoms with Crippen LogP contribution in [0.4, 0.5) is 0 Å². The van der Waals surface area contributed by atoms with Gasteiger partial charge in [0.05, 0.1) is 12.0 Å². The molecule has 0 aromatic rings. The van der Waals surface area contributed by atoms with Gasteiger partial charge < -0.3 is 20.2 Å². The number of hydrogen-bond acceptors (Lipinski definition) is 7. The van der Waals surface area contributed by atoms with Crippen molar-refractivity contribution in [3.8, 4) is 0 Å². The molecule has 0 aromatic heterocycles. The van der Waals surface area contributed by atoms with Crippen molar-refractivity contribution >= 4 is 72.7 Å². The third kappa shape index (κ3) is 23.3. The molecule has 0 radical (unpaired) electrons. The summed E-state index contributed by atoms with van der Waals surface area (Å²) in [7, 11) is 0. The van der Waals surface area contributed by atoms with Crippen LogP contribution in [0.1, 0.15) is 51.9 Å². The average Bonchev–Trinajstić information content (AvgIpc) is 2.39. The van der Waals surface area contributed by atoms with E-state index in [2.05, 4.69) is 19.1 Å². The Balaban J connectivity index is -0.000000295. The van der Waals surface area contributed by atoms with Crippen molar-refractivity contribution in [3.63, 3.8) is 0 Å². The van der Waals surface area contributed by atoms with Gasteiger partial charge in [0.2, 0.25) is 0 Å². The first-order chi connectivity index (χ1) is 9.49. The van der Waals surface area contributed by atoms with Gasteiger partial charge in [0.15, 0.2) is 0 Å². The van der Waals surface area contributed by atoms with Crippen molar-refractivity contribution < 1.29 is 20.2 Å². The Morgan fingerprint density at radius 3 is 2.24 bits per heavy atom. The predicted molar refractivity (Wildman–Crippen MR) is 88.4 cm³/mol. The third-order valence-corrected chi connectivity index (χ3v) is 3.38. The molecule has 5 nitrogen and oxygen atoms in total. The number of nitrogens with one attached hydrogen (secondary N) is 1. The second-order valence-electron chi connectivity index (χ2n) is 4.32. The third-order valence-electron chi connectivity index (χ3n) is 2.54. The van der Waals surface area contributed by atoms with E-state index in [9.17, 15) is 15.0 Å². The molecule has 0 rings (SSSR count). The molecule has 0 aliphatic heterocycles. The van der Waals surface area contributed by atoms with Gasteiger partial charge in [-0.2, -0.15) is 17.2 Å². The van der Waals surface area contributed by atoms with Crippen molar-refractivity contribution in [3.05, 3.63) is 0 Å². The van der Waals surface area contributed by atoms with Crippen molar-refractivity contribution in [1.82, 2.24) is 5.48 Å². The van der Waals surface area contributed by atoms with E-state index >= 15 is 0 Å². The number of thiocarbonyl (C=S) groups is 1. The number of thioether (sulfide) groups is 1. The van der Waals surface area contributed by atoms with Gasteiger partial charge in [0, 0.05) is 0 Å². The van der Waals surface area contributed by atoms with E-state index < -0.39 is 12.0 Å². The fourth-order valence-electron chi connectivity index (χ4n) is 1.34. The molecule has 2 N–H and O–H groups in total. The summed E-state index contributed by atoms with van der Waals surface area (Å²) < 4.78 is 0. The number of carboxylic acids is 1. The monoisotopic (exact) mass is 363 g/mol. The van der Waals surface area contributed by atoms with Crippen LogP contribution in [0.2, 0.25) is 0 Å². The van der Waals surface area contributed by atoms with E-state index in [-0.39, 0.29) is 42.8 Å². The molecule has 0 spiro atoms. The summed E-state index contributed by atoms with van der Waals surface area (Å²) in [6.45, 7) is 2.18. The molecule has 0 amide bonds. The zero-order valence-corrected chi connectivity index (χ0v) is 16.8. The molecule has 8 heteroatoms. The minimum absolute atomic E-state index is 0. The summed E-state index contributed by atoms with van der Waals surface area (Å²) in [6.07, 6.45) is 8.77. The van der Waals surface area contributed by atoms with Crippen molar-refractivity contribution in [2.75, 3.05) is 12.0 Å². The summed E-state index contributed by atoms with van der Waals surface area (Å²) in [4.78, 5) is 10.1. The summed E-state index contributed by atoms with van der Waals surface area (Å²) in [5, 5.41) is 28.5. The largest absolute Gasteiger partial charge is 2.00 e. The van der Waals surface area contributed by atoms with Crippen LogP contribution in [-0.4, -0.2) is 72.0 Å². The van der Waals surface area contributed by atoms with Crippen molar-refractivity contribution in [2.45, 2.75) is 57.9 Å². The van der Waals surface area contributed by atoms with E-state index in [1.807, 2.05) is 6.26 Å². The second-order valence-corrected chi connectivity index (χ2v) is 5.76. The van der Waals surface area contributed by atoms with Crippen LogP contribution in [0.15, 0.2) is 0 Å². The van der Waals surface area contributed by atoms with Gasteiger partial charge in [-0.15, -0.1) is 12.2 Å². The minimum Gasteiger partial charge on any atom is -0.867 e. The first-order valence-electron chi connectivity index (χ1n) is 6.78. The number of unbranched alkanes of at least 4 members (excludes halogenated alkanes) is 4. The summed E-state index contributed by atoms with van der Waals surface area (Å²) in [6, 6.07) is -0.938. The quantitative estimate of drug-likeness (QED) is 0.239. The molecule has 0 saturated heterocycles. The van der Waals surface area contributed by atoms with Crippen LogP contribution < -0.4 is 15.7 Å². The number of hydrogen-bond donors (Lipinski definition) is 2. The van der Waals surface area contributed by atoms with E-state index in [0.717, 1.165) is 12.8 Å². The normalized spacial score (nSPS) is 10.8. The maximum absolute atomic E-state index is 10.3. The van der Waals surface area contributed by atoms with Gasteiger partial charge in [0.1, 0.15) is 0 Å². The maximum Gasteiger partial charge on any atom is 2.00 e. The molecule has 0 heterocycles. The molecule has 1 atom stereocenters. The molecule has 0 aromatic carbocycles. The van der Waals surface area contributed by atoms with Gasteiger partial charge in [0.25, 0.3) is 0 Å². The zero-order chi connectivity index (χ0) is 15.8. The number of carbonyl (C=O) groups excluding carboxylic acids is 1. The predicted octanol–water partition coefficient (Wildman–Crippen LogP) is 0.491. The van der Waals surface area contributed by atoms with Crippen molar-refractivity contribution in [2.24, 2.45) is 0 Å². The summed E-state index contributed by atoms with van der Waals surface area (Å²) in [5.74, 6) is -0.580. The standard InChI is InChI=1S/C8H16OS.C5H11NO3S.Ca/c1-2-3-4-5-6-7-8(9)10;1-10-3-2-4(6-9)5(7)8;/h2-7H2,1H3,(H,9,10);4,6,9H,2-3H2,1H3,(H,7,8);/q;;+2/p-2/t;4-;/m.0./s1. The minimum atomic E-state index is -1.27. The Morgan fingerprint density at radius 2 is 1.86 bits per heavy atom. The first-order valence-corrected chi connectivity index (χ1v) is 8.59. The number of carboxylic acid groups (broad SMARTS) is 1. The fraction of sp³-hybridized carbons (Fsp3) is 0.846. The molecule has 21 heavy (non-hydrogen) atoms. The number of rotatable bonds is 11. The van der Waals surface area contributed by atoms with Gasteiger partial charge in [-0.05, 0) is 31.3 Å². The van der Waals surface area contributed by atoms with E-state index in [1.54, 1.807) is 5.48 Å². The molecule has 0 aliphatic rings. The van der Waals surface area contributed by atoms with Gasteiger partial charge in [-0.3, -0.25) is 0 Å². The van der Waals surface area contributed by atoms with Crippen LogP contribution in [0, 0.1) is 0 Å². The number of carbonyl (C=O) groups is 1. The smallest absolute Gasteiger partial charge is 0.867 e. The Labute approximate surface area is 167 Å². The molecular weight excluding hydrogens is 338 g/mol. The molecule has 0 bridgehead atoms. The van der Waals surface area contributed by atoms with E-state index in [1.165, 1.54) is 31.0 Å². The Hall–Kier alpha value is 0.890. The molecule has 0 aliphatic carbocycles. The van der Waals surface area contributed by atoms with Crippen LogP contribution in [0.3, 0.4) is 0 Å². The second kappa shape index (κ2) is 20.9. The number of aliphatic carboxylic acids is 1. The topological polar surface area (TPSA) is 95.4 Å². The average molecular weight is 364 g/mol. The SMILES string of the molecule is CCCCCCCC([O-])=S.CSCC[C@H](NO)C(=O)[O-].[Ca+2]. The van der Waals surface area contributed by atoms with Crippen molar-refractivity contribution in [1.29, 1.82) is 0 Å². The van der Waals surface area contributed by atoms with E-state index in [4.69, 9.17) is 5.21 Å². The first kappa shape index (κ1) is 26.8. The van der Waals surface area contributed by atoms with Crippen LogP contribution >= 0.6 is 24.0 Å². The number of hydroxylamine groups is 1. The Morgan fingerprint density at radius 1 is 1.29 bits per heavy atom. The zero-order valence-electron chi connectivity index (χ0n) is 12.9. The molecule has 0 fully saturated rings. The Bertz CT molecular complexity index is 258. The maximum atomic E-state index is 10.3. The Kier molecular flexibility index (Phi) is 26.6. The summed E-state index contributed by atoms with van der Waals surface area (Å²) >= 11 is 5.94. The molecular formula is C13H25CaNO4S2. The summed E-state index contributed by atoms with van der Waals surface area (Å²) in [5.41, 5.74) is 1.66. The van der Waals surface area contributed by atoms with Gasteiger partial charge in [-0.1, -0.05) is 37.7 Å². The molecule has 120 valence electrons. The van der Waals surface area contributed by atoms with Crippen LogP contribution in [-0.2, 0) is 4.79 Å². The van der Waals surface area contributed by atoms with Gasteiger partial charge >= 0.3 is 37.7 Å².